The van der Waals surface area contributed by atoms with Crippen LogP contribution in [0.3, 0.4) is 0 Å². The van der Waals surface area contributed by atoms with Crippen LogP contribution in [0.2, 0.25) is 0 Å². The van der Waals surface area contributed by atoms with Crippen LogP contribution in [-0.4, -0.2) is 15.0 Å². The van der Waals surface area contributed by atoms with Crippen molar-refractivity contribution in [2.75, 3.05) is 0 Å². The molecule has 0 N–H and O–H groups in total. The number of aromatic nitrogens is 3. The molecule has 4 nitrogen and oxygen atoms in total. The summed E-state index contributed by atoms with van der Waals surface area (Å²) in [5, 5.41) is 0.741. The molecule has 9 rings (SSSR count). The molecule has 0 atom stereocenters. The maximum absolute atomic E-state index is 9.44. The van der Waals surface area contributed by atoms with Gasteiger partial charge in [0.1, 0.15) is 11.2 Å². The molecule has 49 heavy (non-hydrogen) atoms. The molecule has 0 saturated carbocycles. The van der Waals surface area contributed by atoms with E-state index in [-0.39, 0.29) is 35.6 Å². The molecule has 0 saturated heterocycles. The Morgan fingerprint density at radius 2 is 0.918 bits per heavy atom. The van der Waals surface area contributed by atoms with Gasteiger partial charge in [0.25, 0.3) is 0 Å². The maximum atomic E-state index is 9.44. The predicted octanol–water partition coefficient (Wildman–Crippen LogP) is 11.8. The number of rotatable bonds is 6. The third-order valence-corrected chi connectivity index (χ3v) is 8.59. The highest BCUT2D eigenvalue weighted by Gasteiger charge is 2.17. The average molecular weight is 632 g/mol. The van der Waals surface area contributed by atoms with Gasteiger partial charge in [-0.1, -0.05) is 158 Å². The van der Waals surface area contributed by atoms with Gasteiger partial charge in [0.05, 0.1) is 5.48 Å². The maximum Gasteiger partial charge on any atom is 0.164 e. The molecule has 4 heteroatoms. The zero-order chi connectivity index (χ0) is 36.1. The lowest BCUT2D eigenvalue weighted by molar-refractivity contribution is 0.670. The first-order valence-electron chi connectivity index (χ1n) is 18.0. The molecular weight excluding hydrogens is 599 g/mol. The molecule has 2 aromatic heterocycles. The average Bonchev–Trinajstić information content (AvgIpc) is 3.62. The van der Waals surface area contributed by atoms with Gasteiger partial charge in [-0.05, 0) is 46.0 Å². The Kier molecular flexibility index (Phi) is 6.09. The van der Waals surface area contributed by atoms with E-state index in [0.29, 0.717) is 39.1 Å². The molecule has 7 aromatic carbocycles. The number of furan rings is 1. The number of nitrogens with zero attached hydrogens (tertiary/aromatic N) is 3. The van der Waals surface area contributed by atoms with E-state index in [9.17, 15) is 2.74 Å². The SMILES string of the molecule is [2H]c1cc([2H])c2c(oc3c([2H])c(-c4nc(-c5ccc(-c6ccccc6)cc5)nc(-c5cccc(-c6ccccc6)c5)n4)cc([2H])c32)c1-c1ccccc1. The summed E-state index contributed by atoms with van der Waals surface area (Å²) < 4.78 is 42.6. The van der Waals surface area contributed by atoms with E-state index in [4.69, 9.17) is 22.1 Å². The Balaban J connectivity index is 1.25. The third-order valence-electron chi connectivity index (χ3n) is 8.59. The van der Waals surface area contributed by atoms with Gasteiger partial charge in [-0.2, -0.15) is 0 Å². The fourth-order valence-corrected chi connectivity index (χ4v) is 6.12. The van der Waals surface area contributed by atoms with Crippen LogP contribution in [0.25, 0.3) is 89.5 Å². The van der Waals surface area contributed by atoms with Gasteiger partial charge in [-0.25, -0.2) is 15.0 Å². The largest absolute Gasteiger partial charge is 0.455 e. The van der Waals surface area contributed by atoms with Gasteiger partial charge in [-0.3, -0.25) is 0 Å². The molecule has 2 heterocycles. The minimum atomic E-state index is -0.0160. The Morgan fingerprint density at radius 3 is 1.61 bits per heavy atom. The molecule has 9 aromatic rings. The Bertz CT molecular complexity index is 2810. The van der Waals surface area contributed by atoms with E-state index >= 15 is 0 Å². The molecule has 230 valence electrons. The van der Waals surface area contributed by atoms with Crippen molar-refractivity contribution in [3.63, 3.8) is 0 Å². The first-order chi connectivity index (χ1) is 25.9. The highest BCUT2D eigenvalue weighted by molar-refractivity contribution is 6.10. The van der Waals surface area contributed by atoms with E-state index < -0.39 is 0 Å². The molecule has 0 fully saturated rings. The van der Waals surface area contributed by atoms with E-state index in [1.165, 1.54) is 6.07 Å². The topological polar surface area (TPSA) is 51.8 Å². The van der Waals surface area contributed by atoms with Gasteiger partial charge in [0.2, 0.25) is 0 Å². The summed E-state index contributed by atoms with van der Waals surface area (Å²) in [6.45, 7) is 0. The molecule has 0 aliphatic rings. The standard InChI is InChI=1S/C45H29N3O/c1-4-12-30(13-5-1)32-22-24-34(25-23-32)43-46-44(36-19-10-18-35(28-36)31-14-6-2-7-15-31)48-45(47-43)37-26-27-39-40-21-11-20-38(33-16-8-3-9-17-33)42(40)49-41(39)29-37/h1-29H/i20D,21D,27D,29D. The van der Waals surface area contributed by atoms with Crippen LogP contribution >= 0.6 is 0 Å². The molecule has 0 bridgehead atoms. The molecule has 0 unspecified atom stereocenters. The zero-order valence-electron chi connectivity index (χ0n) is 30.2. The summed E-state index contributed by atoms with van der Waals surface area (Å²) in [5.41, 5.74) is 7.76. The number of benzene rings is 7. The van der Waals surface area contributed by atoms with Crippen LogP contribution in [-0.2, 0) is 0 Å². The van der Waals surface area contributed by atoms with Crippen molar-refractivity contribution in [2.45, 2.75) is 0 Å². The summed E-state index contributed by atoms with van der Waals surface area (Å²) in [5.74, 6) is 1.06. The fraction of sp³-hybridized carbons (Fsp3) is 0. The summed E-state index contributed by atoms with van der Waals surface area (Å²) >= 11 is 0. The highest BCUT2D eigenvalue weighted by Crippen LogP contribution is 2.37. The van der Waals surface area contributed by atoms with Crippen molar-refractivity contribution in [3.05, 3.63) is 176 Å². The van der Waals surface area contributed by atoms with Crippen molar-refractivity contribution in [1.82, 2.24) is 15.0 Å². The molecule has 0 aliphatic heterocycles. The van der Waals surface area contributed by atoms with Crippen LogP contribution in [0.1, 0.15) is 5.48 Å². The van der Waals surface area contributed by atoms with Gasteiger partial charge in [-0.15, -0.1) is 0 Å². The summed E-state index contributed by atoms with van der Waals surface area (Å²) in [6.07, 6.45) is 0. The van der Waals surface area contributed by atoms with Crippen molar-refractivity contribution in [1.29, 1.82) is 0 Å². The number of fused-ring (bicyclic) bond motifs is 3. The van der Waals surface area contributed by atoms with E-state index in [1.54, 1.807) is 6.07 Å². The number of hydrogen-bond acceptors (Lipinski definition) is 4. The smallest absolute Gasteiger partial charge is 0.164 e. The lowest BCUT2D eigenvalue weighted by Crippen LogP contribution is -2.00. The van der Waals surface area contributed by atoms with Gasteiger partial charge >= 0.3 is 0 Å². The lowest BCUT2D eigenvalue weighted by atomic mass is 10.0. The van der Waals surface area contributed by atoms with E-state index in [2.05, 4.69) is 24.3 Å². The second kappa shape index (κ2) is 12.2. The van der Waals surface area contributed by atoms with Gasteiger partial charge in [0, 0.05) is 33.0 Å². The van der Waals surface area contributed by atoms with Crippen molar-refractivity contribution < 1.29 is 9.90 Å². The van der Waals surface area contributed by atoms with E-state index in [1.807, 2.05) is 115 Å². The quantitative estimate of drug-likeness (QED) is 0.183. The molecule has 0 aliphatic carbocycles. The zero-order valence-corrected chi connectivity index (χ0v) is 26.2. The van der Waals surface area contributed by atoms with Crippen LogP contribution < -0.4 is 0 Å². The highest BCUT2D eigenvalue weighted by atomic mass is 16.3. The third kappa shape index (κ3) is 5.45. The second-order valence-electron chi connectivity index (χ2n) is 11.7. The molecular formula is C45H29N3O. The van der Waals surface area contributed by atoms with Crippen molar-refractivity contribution in [2.24, 2.45) is 0 Å². The van der Waals surface area contributed by atoms with Crippen molar-refractivity contribution >= 4 is 21.9 Å². The fourth-order valence-electron chi connectivity index (χ4n) is 6.12. The molecule has 0 radical (unpaired) electrons. The Morgan fingerprint density at radius 1 is 0.388 bits per heavy atom. The van der Waals surface area contributed by atoms with E-state index in [0.717, 1.165) is 38.9 Å². The number of para-hydroxylation sites is 1. The van der Waals surface area contributed by atoms with Crippen LogP contribution in [0.5, 0.6) is 0 Å². The Labute approximate surface area is 289 Å². The predicted molar refractivity (Wildman–Crippen MR) is 200 cm³/mol. The lowest BCUT2D eigenvalue weighted by Gasteiger charge is -2.10. The molecule has 0 amide bonds. The van der Waals surface area contributed by atoms with Gasteiger partial charge in [0.15, 0.2) is 17.5 Å². The van der Waals surface area contributed by atoms with Crippen LogP contribution in [0, 0.1) is 0 Å². The van der Waals surface area contributed by atoms with Gasteiger partial charge < -0.3 is 4.42 Å². The molecule has 0 spiro atoms. The minimum Gasteiger partial charge on any atom is -0.455 e. The first-order valence-corrected chi connectivity index (χ1v) is 16.0. The first kappa shape index (κ1) is 24.5. The second-order valence-corrected chi connectivity index (χ2v) is 11.7. The van der Waals surface area contributed by atoms with Crippen LogP contribution in [0.4, 0.5) is 0 Å². The van der Waals surface area contributed by atoms with Crippen molar-refractivity contribution in [3.8, 4) is 67.5 Å². The summed E-state index contributed by atoms with van der Waals surface area (Å²) in [4.78, 5) is 14.8. The summed E-state index contributed by atoms with van der Waals surface area (Å²) in [7, 11) is 0. The minimum absolute atomic E-state index is 0.0160. The van der Waals surface area contributed by atoms with Crippen LogP contribution in [0.15, 0.2) is 180 Å². The normalized spacial score (nSPS) is 12.4. The monoisotopic (exact) mass is 631 g/mol. The number of hydrogen-bond donors (Lipinski definition) is 0. The summed E-state index contributed by atoms with van der Waals surface area (Å²) in [6, 6.07) is 48.9. The Hall–Kier alpha value is -6.65.